The SMILES string of the molecule is COCc1nn2c3c(nnc2c1-c1ccc(F)cc1)C(=O)C[C@@H](c1cccs1)C3. The molecule has 0 unspecified atom stereocenters. The van der Waals surface area contributed by atoms with Gasteiger partial charge in [0.2, 0.25) is 0 Å². The van der Waals surface area contributed by atoms with E-state index in [0.717, 1.165) is 16.8 Å². The molecule has 0 saturated heterocycles. The normalized spacial score (nSPS) is 16.3. The highest BCUT2D eigenvalue weighted by molar-refractivity contribution is 7.10. The molecule has 1 aliphatic carbocycles. The van der Waals surface area contributed by atoms with E-state index in [1.54, 1.807) is 35.1 Å². The Hall–Kier alpha value is -2.97. The highest BCUT2D eigenvalue weighted by atomic mass is 32.1. The van der Waals surface area contributed by atoms with Crippen LogP contribution in [0.15, 0.2) is 41.8 Å². The van der Waals surface area contributed by atoms with Gasteiger partial charge in [0.1, 0.15) is 5.82 Å². The van der Waals surface area contributed by atoms with Crippen LogP contribution in [0, 0.1) is 5.82 Å². The van der Waals surface area contributed by atoms with Crippen LogP contribution >= 0.6 is 11.3 Å². The van der Waals surface area contributed by atoms with Crippen molar-refractivity contribution in [2.75, 3.05) is 7.11 Å². The van der Waals surface area contributed by atoms with Crippen LogP contribution in [0.4, 0.5) is 4.39 Å². The second-order valence-electron chi connectivity index (χ2n) is 7.04. The summed E-state index contributed by atoms with van der Waals surface area (Å²) in [6, 6.07) is 10.2. The van der Waals surface area contributed by atoms with Crippen molar-refractivity contribution in [2.45, 2.75) is 25.4 Å². The molecule has 1 atom stereocenters. The number of carbonyl (C=O) groups is 1. The average molecular weight is 408 g/mol. The molecule has 1 aromatic carbocycles. The van der Waals surface area contributed by atoms with Gasteiger partial charge in [-0.3, -0.25) is 4.79 Å². The lowest BCUT2D eigenvalue weighted by Gasteiger charge is -2.21. The van der Waals surface area contributed by atoms with Gasteiger partial charge in [-0.05, 0) is 29.1 Å². The number of hydrogen-bond acceptors (Lipinski definition) is 6. The standard InChI is InChI=1S/C21H17FN4O2S/c1-28-11-15-19(12-4-6-14(22)7-5-12)21-24-23-20-16(26(21)25-15)9-13(10-17(20)27)18-3-2-8-29-18/h2-8,13H,9-11H2,1H3/t13-/m0/s1. The van der Waals surface area contributed by atoms with Crippen LogP contribution in [-0.4, -0.2) is 32.7 Å². The molecule has 29 heavy (non-hydrogen) atoms. The topological polar surface area (TPSA) is 69.4 Å². The van der Waals surface area contributed by atoms with Crippen molar-refractivity contribution in [3.63, 3.8) is 0 Å². The molecule has 4 aromatic rings. The molecule has 0 bridgehead atoms. The minimum Gasteiger partial charge on any atom is -0.378 e. The first kappa shape index (κ1) is 18.1. The van der Waals surface area contributed by atoms with Crippen molar-refractivity contribution in [3.8, 4) is 11.1 Å². The minimum atomic E-state index is -0.314. The summed E-state index contributed by atoms with van der Waals surface area (Å²) >= 11 is 1.65. The lowest BCUT2D eigenvalue weighted by molar-refractivity contribution is 0.0956. The molecule has 1 aliphatic rings. The van der Waals surface area contributed by atoms with Crippen molar-refractivity contribution in [1.29, 1.82) is 0 Å². The highest BCUT2D eigenvalue weighted by Crippen LogP contribution is 2.36. The fourth-order valence-electron chi connectivity index (χ4n) is 3.89. The Labute approximate surface area is 170 Å². The van der Waals surface area contributed by atoms with Crippen LogP contribution in [0.5, 0.6) is 0 Å². The maximum absolute atomic E-state index is 13.4. The first-order valence-electron chi connectivity index (χ1n) is 9.24. The molecule has 0 aliphatic heterocycles. The number of nitrogens with zero attached hydrogens (tertiary/aromatic N) is 4. The third-order valence-electron chi connectivity index (χ3n) is 5.20. The number of aromatic nitrogens is 4. The lowest BCUT2D eigenvalue weighted by Crippen LogP contribution is -2.23. The van der Waals surface area contributed by atoms with Crippen LogP contribution < -0.4 is 0 Å². The Morgan fingerprint density at radius 2 is 2.03 bits per heavy atom. The van der Waals surface area contributed by atoms with Gasteiger partial charge in [-0.25, -0.2) is 8.91 Å². The Bertz CT molecular complexity index is 1200. The van der Waals surface area contributed by atoms with Crippen molar-refractivity contribution in [3.05, 3.63) is 69.6 Å². The van der Waals surface area contributed by atoms with Gasteiger partial charge in [0.05, 0.1) is 23.6 Å². The summed E-state index contributed by atoms with van der Waals surface area (Å²) in [6.07, 6.45) is 1.08. The molecule has 146 valence electrons. The van der Waals surface area contributed by atoms with Crippen molar-refractivity contribution in [1.82, 2.24) is 19.8 Å². The molecule has 8 heteroatoms. The quantitative estimate of drug-likeness (QED) is 0.510. The van der Waals surface area contributed by atoms with E-state index in [-0.39, 0.29) is 24.1 Å². The van der Waals surface area contributed by atoms with Crippen molar-refractivity contribution >= 4 is 22.8 Å². The molecule has 0 radical (unpaired) electrons. The summed E-state index contributed by atoms with van der Waals surface area (Å²) in [7, 11) is 1.59. The van der Waals surface area contributed by atoms with E-state index in [9.17, 15) is 9.18 Å². The number of methoxy groups -OCH3 is 1. The van der Waals surface area contributed by atoms with E-state index < -0.39 is 0 Å². The van der Waals surface area contributed by atoms with Gasteiger partial charge < -0.3 is 4.74 Å². The van der Waals surface area contributed by atoms with Gasteiger partial charge in [0.15, 0.2) is 17.1 Å². The zero-order chi connectivity index (χ0) is 20.0. The number of Topliss-reactive ketones (excluding diaryl/α,β-unsaturated/α-hetero) is 1. The number of halogens is 1. The van der Waals surface area contributed by atoms with E-state index in [2.05, 4.69) is 16.3 Å². The molecule has 3 aromatic heterocycles. The first-order chi connectivity index (χ1) is 14.2. The summed E-state index contributed by atoms with van der Waals surface area (Å²) < 4.78 is 20.5. The summed E-state index contributed by atoms with van der Waals surface area (Å²) in [5.74, 6) is -0.232. The maximum Gasteiger partial charge on any atom is 0.185 e. The van der Waals surface area contributed by atoms with Crippen molar-refractivity contribution < 1.29 is 13.9 Å². The molecule has 3 heterocycles. The lowest BCUT2D eigenvalue weighted by atomic mass is 9.87. The number of thiophene rings is 1. The molecule has 0 fully saturated rings. The maximum atomic E-state index is 13.4. The molecule has 0 amide bonds. The highest BCUT2D eigenvalue weighted by Gasteiger charge is 2.32. The van der Waals surface area contributed by atoms with Gasteiger partial charge in [-0.2, -0.15) is 5.10 Å². The number of ketones is 1. The van der Waals surface area contributed by atoms with E-state index in [0.29, 0.717) is 29.9 Å². The van der Waals surface area contributed by atoms with Crippen LogP contribution in [0.1, 0.15) is 39.1 Å². The Morgan fingerprint density at radius 1 is 1.21 bits per heavy atom. The monoisotopic (exact) mass is 408 g/mol. The number of ether oxygens (including phenoxy) is 1. The number of rotatable bonds is 4. The molecule has 5 rings (SSSR count). The summed E-state index contributed by atoms with van der Waals surface area (Å²) in [6.45, 7) is 0.271. The van der Waals surface area contributed by atoms with Gasteiger partial charge in [-0.1, -0.05) is 18.2 Å². The van der Waals surface area contributed by atoms with Crippen molar-refractivity contribution in [2.24, 2.45) is 0 Å². The second-order valence-corrected chi connectivity index (χ2v) is 8.02. The predicted molar refractivity (Wildman–Crippen MR) is 107 cm³/mol. The third-order valence-corrected chi connectivity index (χ3v) is 6.24. The zero-order valence-electron chi connectivity index (χ0n) is 15.6. The summed E-state index contributed by atoms with van der Waals surface area (Å²) in [5.41, 5.74) is 3.87. The van der Waals surface area contributed by atoms with Crippen LogP contribution in [0.25, 0.3) is 16.8 Å². The fourth-order valence-corrected chi connectivity index (χ4v) is 4.72. The molecular weight excluding hydrogens is 391 g/mol. The zero-order valence-corrected chi connectivity index (χ0v) is 16.4. The van der Waals surface area contributed by atoms with Gasteiger partial charge in [0.25, 0.3) is 0 Å². The van der Waals surface area contributed by atoms with Crippen LogP contribution in [0.3, 0.4) is 0 Å². The van der Waals surface area contributed by atoms with Gasteiger partial charge in [0, 0.05) is 30.7 Å². The van der Waals surface area contributed by atoms with E-state index in [1.807, 2.05) is 11.4 Å². The smallest absolute Gasteiger partial charge is 0.185 e. The number of fused-ring (bicyclic) bond motifs is 3. The first-order valence-corrected chi connectivity index (χ1v) is 10.1. The average Bonchev–Trinajstić information content (AvgIpc) is 3.37. The largest absolute Gasteiger partial charge is 0.378 e. The second kappa shape index (κ2) is 7.13. The van der Waals surface area contributed by atoms with E-state index in [1.165, 1.54) is 17.0 Å². The summed E-state index contributed by atoms with van der Waals surface area (Å²) in [5, 5.41) is 15.3. The third kappa shape index (κ3) is 3.04. The van der Waals surface area contributed by atoms with E-state index >= 15 is 0 Å². The van der Waals surface area contributed by atoms with Crippen LogP contribution in [0.2, 0.25) is 0 Å². The minimum absolute atomic E-state index is 0.0221. The van der Waals surface area contributed by atoms with Crippen LogP contribution in [-0.2, 0) is 17.8 Å². The number of hydrogen-bond donors (Lipinski definition) is 0. The Kier molecular flexibility index (Phi) is 4.44. The number of benzene rings is 1. The van der Waals surface area contributed by atoms with Gasteiger partial charge in [-0.15, -0.1) is 21.5 Å². The molecule has 0 spiro atoms. The predicted octanol–water partition coefficient (Wildman–Crippen LogP) is 4.05. The Balaban J connectivity index is 1.70. The summed E-state index contributed by atoms with van der Waals surface area (Å²) in [4.78, 5) is 13.9. The Morgan fingerprint density at radius 3 is 2.76 bits per heavy atom. The molecule has 0 saturated carbocycles. The molecular formula is C21H17FN4O2S. The fraction of sp³-hybridized carbons (Fsp3) is 0.238. The molecule has 6 nitrogen and oxygen atoms in total. The van der Waals surface area contributed by atoms with Gasteiger partial charge >= 0.3 is 0 Å². The number of carbonyl (C=O) groups excluding carboxylic acids is 1. The van der Waals surface area contributed by atoms with E-state index in [4.69, 9.17) is 9.84 Å². The molecule has 0 N–H and O–H groups in total.